The number of methoxy groups -OCH3 is 1. The van der Waals surface area contributed by atoms with E-state index in [9.17, 15) is 17.6 Å². The summed E-state index contributed by atoms with van der Waals surface area (Å²) < 4.78 is 46.4. The number of benzene rings is 2. The average molecular weight is 416 g/mol. The van der Waals surface area contributed by atoms with Gasteiger partial charge < -0.3 is 4.74 Å². The molecular formula is C16H15BrFNO4S. The van der Waals surface area contributed by atoms with Gasteiger partial charge in [-0.3, -0.25) is 4.72 Å². The van der Waals surface area contributed by atoms with Crippen molar-refractivity contribution in [2.45, 2.75) is 18.7 Å². The van der Waals surface area contributed by atoms with E-state index in [0.29, 0.717) is 16.8 Å². The molecule has 0 aromatic heterocycles. The van der Waals surface area contributed by atoms with Crippen molar-refractivity contribution < 1.29 is 22.3 Å². The Kier molecular flexibility index (Phi) is 5.29. The number of ether oxygens (including phenoxy) is 1. The lowest BCUT2D eigenvalue weighted by Gasteiger charge is -2.14. The van der Waals surface area contributed by atoms with Gasteiger partial charge in [0.2, 0.25) is 0 Å². The first-order valence-corrected chi connectivity index (χ1v) is 9.11. The van der Waals surface area contributed by atoms with E-state index in [4.69, 9.17) is 0 Å². The van der Waals surface area contributed by atoms with Gasteiger partial charge in [-0.2, -0.15) is 0 Å². The van der Waals surface area contributed by atoms with Crippen LogP contribution in [0.25, 0.3) is 0 Å². The van der Waals surface area contributed by atoms with Crippen molar-refractivity contribution in [2.24, 2.45) is 0 Å². The van der Waals surface area contributed by atoms with Crippen molar-refractivity contribution >= 4 is 37.6 Å². The summed E-state index contributed by atoms with van der Waals surface area (Å²) in [6, 6.07) is 7.14. The molecule has 5 nitrogen and oxygen atoms in total. The van der Waals surface area contributed by atoms with Crippen molar-refractivity contribution in [1.29, 1.82) is 0 Å². The summed E-state index contributed by atoms with van der Waals surface area (Å²) in [5.74, 6) is -1.75. The van der Waals surface area contributed by atoms with Gasteiger partial charge >= 0.3 is 5.97 Å². The number of hydrogen-bond donors (Lipinski definition) is 1. The maximum Gasteiger partial charge on any atom is 0.339 e. The molecule has 0 amide bonds. The second kappa shape index (κ2) is 6.90. The van der Waals surface area contributed by atoms with E-state index in [-0.39, 0.29) is 10.0 Å². The van der Waals surface area contributed by atoms with Gasteiger partial charge in [-0.05, 0) is 53.0 Å². The van der Waals surface area contributed by atoms with Crippen LogP contribution in [0.2, 0.25) is 0 Å². The van der Waals surface area contributed by atoms with Crippen LogP contribution in [0.5, 0.6) is 0 Å². The van der Waals surface area contributed by atoms with Crippen LogP contribution in [-0.4, -0.2) is 21.5 Å². The van der Waals surface area contributed by atoms with Crippen LogP contribution >= 0.6 is 15.9 Å². The number of aryl methyl sites for hydroxylation is 2. The SMILES string of the molecule is COC(=O)c1cc(S(=O)(=O)Nc2c(C)cccc2C)c(F)cc1Br. The first kappa shape index (κ1) is 18.4. The first-order chi connectivity index (χ1) is 11.2. The van der Waals surface area contributed by atoms with E-state index in [2.05, 4.69) is 25.4 Å². The van der Waals surface area contributed by atoms with Crippen LogP contribution in [0.1, 0.15) is 21.5 Å². The second-order valence-electron chi connectivity index (χ2n) is 5.13. The molecule has 0 bridgehead atoms. The Morgan fingerprint density at radius 2 is 1.79 bits per heavy atom. The summed E-state index contributed by atoms with van der Waals surface area (Å²) in [6.45, 7) is 3.48. The minimum Gasteiger partial charge on any atom is -0.465 e. The molecular weight excluding hydrogens is 401 g/mol. The topological polar surface area (TPSA) is 72.5 Å². The molecule has 24 heavy (non-hydrogen) atoms. The molecule has 2 aromatic carbocycles. The lowest BCUT2D eigenvalue weighted by atomic mass is 10.1. The smallest absolute Gasteiger partial charge is 0.339 e. The Labute approximate surface area is 148 Å². The highest BCUT2D eigenvalue weighted by Gasteiger charge is 2.24. The second-order valence-corrected chi connectivity index (χ2v) is 7.63. The first-order valence-electron chi connectivity index (χ1n) is 6.83. The molecule has 128 valence electrons. The van der Waals surface area contributed by atoms with E-state index in [1.807, 2.05) is 0 Å². The van der Waals surface area contributed by atoms with Crippen molar-refractivity contribution in [3.05, 3.63) is 57.3 Å². The number of nitrogens with one attached hydrogen (secondary N) is 1. The lowest BCUT2D eigenvalue weighted by molar-refractivity contribution is 0.0599. The minimum absolute atomic E-state index is 0.0826. The minimum atomic E-state index is -4.22. The Morgan fingerprint density at radius 3 is 2.33 bits per heavy atom. The number of carbonyl (C=O) groups excluding carboxylic acids is 1. The van der Waals surface area contributed by atoms with Gasteiger partial charge in [0.05, 0.1) is 18.4 Å². The molecule has 1 N–H and O–H groups in total. The molecule has 8 heteroatoms. The van der Waals surface area contributed by atoms with E-state index in [0.717, 1.165) is 19.2 Å². The summed E-state index contributed by atoms with van der Waals surface area (Å²) >= 11 is 3.02. The van der Waals surface area contributed by atoms with Crippen LogP contribution in [0.15, 0.2) is 39.7 Å². The summed E-state index contributed by atoms with van der Waals surface area (Å²) in [5, 5.41) is 0. The van der Waals surface area contributed by atoms with Crippen molar-refractivity contribution in [2.75, 3.05) is 11.8 Å². The highest BCUT2D eigenvalue weighted by atomic mass is 79.9. The number of hydrogen-bond acceptors (Lipinski definition) is 4. The molecule has 0 radical (unpaired) electrons. The van der Waals surface area contributed by atoms with Crippen molar-refractivity contribution in [3.63, 3.8) is 0 Å². The van der Waals surface area contributed by atoms with Crippen LogP contribution in [0, 0.1) is 19.7 Å². The molecule has 2 aromatic rings. The summed E-state index contributed by atoms with van der Waals surface area (Å²) in [6.07, 6.45) is 0. The molecule has 0 atom stereocenters. The van der Waals surface area contributed by atoms with E-state index < -0.39 is 26.7 Å². The zero-order valence-electron chi connectivity index (χ0n) is 13.2. The van der Waals surface area contributed by atoms with Gasteiger partial charge in [0.15, 0.2) is 0 Å². The molecule has 0 fully saturated rings. The zero-order valence-corrected chi connectivity index (χ0v) is 15.6. The van der Waals surface area contributed by atoms with Crippen LogP contribution < -0.4 is 4.72 Å². The number of carbonyl (C=O) groups is 1. The molecule has 0 saturated heterocycles. The molecule has 0 aliphatic rings. The number of sulfonamides is 1. The van der Waals surface area contributed by atoms with Crippen molar-refractivity contribution in [1.82, 2.24) is 0 Å². The molecule has 0 aliphatic heterocycles. The molecule has 0 unspecified atom stereocenters. The Hall–Kier alpha value is -1.93. The molecule has 0 aliphatic carbocycles. The quantitative estimate of drug-likeness (QED) is 0.770. The highest BCUT2D eigenvalue weighted by Crippen LogP contribution is 2.28. The number of rotatable bonds is 4. The molecule has 0 spiro atoms. The molecule has 0 heterocycles. The number of anilines is 1. The van der Waals surface area contributed by atoms with Crippen LogP contribution in [0.4, 0.5) is 10.1 Å². The fourth-order valence-electron chi connectivity index (χ4n) is 2.17. The van der Waals surface area contributed by atoms with Gasteiger partial charge in [-0.1, -0.05) is 18.2 Å². The average Bonchev–Trinajstić information content (AvgIpc) is 2.50. The summed E-state index contributed by atoms with van der Waals surface area (Å²) in [4.78, 5) is 11.1. The summed E-state index contributed by atoms with van der Waals surface area (Å²) in [5.41, 5.74) is 1.69. The maximum absolute atomic E-state index is 14.2. The van der Waals surface area contributed by atoms with Crippen LogP contribution in [-0.2, 0) is 14.8 Å². The number of para-hydroxylation sites is 1. The van der Waals surface area contributed by atoms with Gasteiger partial charge in [-0.25, -0.2) is 17.6 Å². The highest BCUT2D eigenvalue weighted by molar-refractivity contribution is 9.10. The number of halogens is 2. The van der Waals surface area contributed by atoms with Gasteiger partial charge in [0.1, 0.15) is 10.7 Å². The molecule has 0 saturated carbocycles. The standard InChI is InChI=1S/C16H15BrFNO4S/c1-9-5-4-6-10(2)15(9)19-24(21,22)14-7-11(16(20)23-3)12(17)8-13(14)18/h4-8,19H,1-3H3. The van der Waals surface area contributed by atoms with E-state index >= 15 is 0 Å². The molecule has 2 rings (SSSR count). The third-order valence-electron chi connectivity index (χ3n) is 3.43. The number of esters is 1. The van der Waals surface area contributed by atoms with E-state index in [1.54, 1.807) is 32.0 Å². The van der Waals surface area contributed by atoms with Crippen LogP contribution in [0.3, 0.4) is 0 Å². The normalized spacial score (nSPS) is 11.2. The third-order valence-corrected chi connectivity index (χ3v) is 5.45. The van der Waals surface area contributed by atoms with Gasteiger partial charge in [0.25, 0.3) is 10.0 Å². The largest absolute Gasteiger partial charge is 0.465 e. The monoisotopic (exact) mass is 415 g/mol. The Bertz CT molecular complexity index is 892. The third kappa shape index (κ3) is 3.59. The fourth-order valence-corrected chi connectivity index (χ4v) is 3.93. The predicted molar refractivity (Wildman–Crippen MR) is 92.2 cm³/mol. The van der Waals surface area contributed by atoms with E-state index in [1.165, 1.54) is 0 Å². The summed E-state index contributed by atoms with van der Waals surface area (Å²) in [7, 11) is -3.07. The zero-order chi connectivity index (χ0) is 18.1. The maximum atomic E-state index is 14.2. The van der Waals surface area contributed by atoms with Gasteiger partial charge in [0, 0.05) is 4.47 Å². The lowest BCUT2D eigenvalue weighted by Crippen LogP contribution is -2.17. The predicted octanol–water partition coefficient (Wildman–Crippen LogP) is 3.79. The fraction of sp³-hybridized carbons (Fsp3) is 0.188. The van der Waals surface area contributed by atoms with Gasteiger partial charge in [-0.15, -0.1) is 0 Å². The Balaban J connectivity index is 2.56. The Morgan fingerprint density at radius 1 is 1.21 bits per heavy atom. The van der Waals surface area contributed by atoms with Crippen molar-refractivity contribution in [3.8, 4) is 0 Å².